The molecule has 1 unspecified atom stereocenters. The lowest BCUT2D eigenvalue weighted by Crippen LogP contribution is -2.06. The van der Waals surface area contributed by atoms with Crippen molar-refractivity contribution in [2.75, 3.05) is 0 Å². The molecule has 0 N–H and O–H groups in total. The molecule has 80 valence electrons. The summed E-state index contributed by atoms with van der Waals surface area (Å²) in [7, 11) is 4.21. The van der Waals surface area contributed by atoms with Crippen molar-refractivity contribution in [3.8, 4) is 0 Å². The molecule has 2 heteroatoms. The lowest BCUT2D eigenvalue weighted by atomic mass is 10.0. The fourth-order valence-electron chi connectivity index (χ4n) is 2.11. The van der Waals surface area contributed by atoms with Crippen molar-refractivity contribution in [2.45, 2.75) is 19.3 Å². The van der Waals surface area contributed by atoms with Gasteiger partial charge in [0.15, 0.2) is 0 Å². The average Bonchev–Trinajstić information content (AvgIpc) is 2.76. The van der Waals surface area contributed by atoms with Crippen LogP contribution < -0.4 is 0 Å². The van der Waals surface area contributed by atoms with Crippen molar-refractivity contribution in [2.24, 2.45) is 14.1 Å². The molecular weight excluding hydrogens is 184 g/mol. The highest BCUT2D eigenvalue weighted by molar-refractivity contribution is 5.16. The maximum Gasteiger partial charge on any atom is 0.0203 e. The normalized spacial score (nSPS) is 13.0. The van der Waals surface area contributed by atoms with Gasteiger partial charge < -0.3 is 9.13 Å². The van der Waals surface area contributed by atoms with E-state index < -0.39 is 0 Å². The van der Waals surface area contributed by atoms with E-state index in [-0.39, 0.29) is 0 Å². The van der Waals surface area contributed by atoms with Gasteiger partial charge in [-0.3, -0.25) is 0 Å². The molecule has 0 aliphatic rings. The molecule has 2 rings (SSSR count). The quantitative estimate of drug-likeness (QED) is 0.724. The van der Waals surface area contributed by atoms with Crippen molar-refractivity contribution >= 4 is 0 Å². The van der Waals surface area contributed by atoms with Crippen LogP contribution >= 0.6 is 0 Å². The van der Waals surface area contributed by atoms with Gasteiger partial charge in [0.1, 0.15) is 0 Å². The Labute approximate surface area is 91.2 Å². The molecule has 2 aromatic rings. The minimum absolute atomic E-state index is 0.568. The van der Waals surface area contributed by atoms with E-state index in [1.807, 2.05) is 0 Å². The molecule has 1 atom stereocenters. The van der Waals surface area contributed by atoms with Crippen LogP contribution in [0.5, 0.6) is 0 Å². The Hall–Kier alpha value is -1.44. The van der Waals surface area contributed by atoms with Crippen LogP contribution in [0.4, 0.5) is 0 Å². The molecule has 0 radical (unpaired) electrons. The van der Waals surface area contributed by atoms with Crippen LogP contribution in [0.2, 0.25) is 0 Å². The van der Waals surface area contributed by atoms with Crippen LogP contribution in [0.3, 0.4) is 0 Å². The fraction of sp³-hybridized carbons (Fsp3) is 0.385. The highest BCUT2D eigenvalue weighted by Gasteiger charge is 2.10. The first kappa shape index (κ1) is 10.1. The minimum Gasteiger partial charge on any atom is -0.354 e. The summed E-state index contributed by atoms with van der Waals surface area (Å²) in [6, 6.07) is 8.61. The van der Waals surface area contributed by atoms with Crippen molar-refractivity contribution in [1.82, 2.24) is 9.13 Å². The fourth-order valence-corrected chi connectivity index (χ4v) is 2.11. The Kier molecular flexibility index (Phi) is 2.67. The van der Waals surface area contributed by atoms with Gasteiger partial charge in [0.05, 0.1) is 0 Å². The zero-order valence-corrected chi connectivity index (χ0v) is 9.64. The van der Waals surface area contributed by atoms with Crippen LogP contribution in [0, 0.1) is 0 Å². The number of nitrogens with zero attached hydrogens (tertiary/aromatic N) is 2. The van der Waals surface area contributed by atoms with Gasteiger partial charge in [-0.15, -0.1) is 0 Å². The summed E-state index contributed by atoms with van der Waals surface area (Å²) >= 11 is 0. The third-order valence-corrected chi connectivity index (χ3v) is 3.06. The second kappa shape index (κ2) is 3.97. The third kappa shape index (κ3) is 1.99. The van der Waals surface area contributed by atoms with Crippen LogP contribution in [0.1, 0.15) is 24.2 Å². The van der Waals surface area contributed by atoms with E-state index in [4.69, 9.17) is 0 Å². The molecule has 0 bridgehead atoms. The standard InChI is InChI=1S/C13H18N2/c1-11(13-7-5-9-15(13)3)10-12-6-4-8-14(12)2/h4-9,11H,10H2,1-3H3. The highest BCUT2D eigenvalue weighted by Crippen LogP contribution is 2.20. The minimum atomic E-state index is 0.568. The van der Waals surface area contributed by atoms with Crippen LogP contribution in [-0.2, 0) is 20.5 Å². The summed E-state index contributed by atoms with van der Waals surface area (Å²) in [6.07, 6.45) is 5.31. The first-order valence-electron chi connectivity index (χ1n) is 5.40. The Morgan fingerprint density at radius 3 is 2.27 bits per heavy atom. The molecule has 0 spiro atoms. The number of hydrogen-bond donors (Lipinski definition) is 0. The smallest absolute Gasteiger partial charge is 0.0203 e. The van der Waals surface area contributed by atoms with Crippen LogP contribution in [-0.4, -0.2) is 9.13 Å². The van der Waals surface area contributed by atoms with Crippen molar-refractivity contribution in [3.63, 3.8) is 0 Å². The largest absolute Gasteiger partial charge is 0.354 e. The molecule has 15 heavy (non-hydrogen) atoms. The van der Waals surface area contributed by atoms with E-state index in [0.717, 1.165) is 6.42 Å². The predicted molar refractivity (Wildman–Crippen MR) is 62.9 cm³/mol. The highest BCUT2D eigenvalue weighted by atomic mass is 14.9. The summed E-state index contributed by atoms with van der Waals surface area (Å²) in [5, 5.41) is 0. The van der Waals surface area contributed by atoms with Crippen molar-refractivity contribution in [1.29, 1.82) is 0 Å². The zero-order valence-electron chi connectivity index (χ0n) is 9.64. The molecule has 2 aromatic heterocycles. The zero-order chi connectivity index (χ0) is 10.8. The SMILES string of the molecule is CC(Cc1cccn1C)c1cccn1C. The van der Waals surface area contributed by atoms with E-state index in [0.29, 0.717) is 5.92 Å². The molecular formula is C13H18N2. The third-order valence-electron chi connectivity index (χ3n) is 3.06. The van der Waals surface area contributed by atoms with E-state index in [1.54, 1.807) is 0 Å². The van der Waals surface area contributed by atoms with E-state index in [9.17, 15) is 0 Å². The number of aryl methyl sites for hydroxylation is 2. The second-order valence-corrected chi connectivity index (χ2v) is 4.26. The van der Waals surface area contributed by atoms with Gasteiger partial charge in [-0.25, -0.2) is 0 Å². The van der Waals surface area contributed by atoms with E-state index >= 15 is 0 Å². The van der Waals surface area contributed by atoms with Gasteiger partial charge in [-0.05, 0) is 30.7 Å². The van der Waals surface area contributed by atoms with Gasteiger partial charge in [-0.2, -0.15) is 0 Å². The number of aromatic nitrogens is 2. The Morgan fingerprint density at radius 1 is 1.07 bits per heavy atom. The number of hydrogen-bond acceptors (Lipinski definition) is 0. The molecule has 2 nitrogen and oxygen atoms in total. The molecule has 0 amide bonds. The first-order chi connectivity index (χ1) is 7.18. The molecule has 2 heterocycles. The second-order valence-electron chi connectivity index (χ2n) is 4.26. The van der Waals surface area contributed by atoms with Gasteiger partial charge in [-0.1, -0.05) is 6.92 Å². The molecule has 0 saturated carbocycles. The molecule has 0 aliphatic carbocycles. The lowest BCUT2D eigenvalue weighted by Gasteiger charge is -2.13. The van der Waals surface area contributed by atoms with Crippen LogP contribution in [0.15, 0.2) is 36.7 Å². The average molecular weight is 202 g/mol. The van der Waals surface area contributed by atoms with Gasteiger partial charge in [0.25, 0.3) is 0 Å². The molecule has 0 aliphatic heterocycles. The maximum atomic E-state index is 2.28. The summed E-state index contributed by atoms with van der Waals surface area (Å²) in [5.74, 6) is 0.568. The van der Waals surface area contributed by atoms with Crippen LogP contribution in [0.25, 0.3) is 0 Å². The van der Waals surface area contributed by atoms with E-state index in [2.05, 4.69) is 66.8 Å². The first-order valence-corrected chi connectivity index (χ1v) is 5.40. The van der Waals surface area contributed by atoms with Crippen molar-refractivity contribution in [3.05, 3.63) is 48.0 Å². The van der Waals surface area contributed by atoms with E-state index in [1.165, 1.54) is 11.4 Å². The Morgan fingerprint density at radius 2 is 1.73 bits per heavy atom. The summed E-state index contributed by atoms with van der Waals surface area (Å²) in [6.45, 7) is 2.28. The topological polar surface area (TPSA) is 9.86 Å². The van der Waals surface area contributed by atoms with Gasteiger partial charge >= 0.3 is 0 Å². The van der Waals surface area contributed by atoms with Crippen molar-refractivity contribution < 1.29 is 0 Å². The number of rotatable bonds is 3. The monoisotopic (exact) mass is 202 g/mol. The Balaban J connectivity index is 2.14. The van der Waals surface area contributed by atoms with Gasteiger partial charge in [0.2, 0.25) is 0 Å². The molecule has 0 aromatic carbocycles. The van der Waals surface area contributed by atoms with Gasteiger partial charge in [0, 0.05) is 43.8 Å². The summed E-state index contributed by atoms with van der Waals surface area (Å²) < 4.78 is 4.40. The summed E-state index contributed by atoms with van der Waals surface area (Å²) in [5.41, 5.74) is 2.79. The lowest BCUT2D eigenvalue weighted by molar-refractivity contribution is 0.654. The molecule has 0 fully saturated rings. The molecule has 0 saturated heterocycles. The summed E-state index contributed by atoms with van der Waals surface area (Å²) in [4.78, 5) is 0. The maximum absolute atomic E-state index is 2.28. The predicted octanol–water partition coefficient (Wildman–Crippen LogP) is 2.71. The Bertz CT molecular complexity index is 437.